The number of hydrogen-bond acceptors (Lipinski definition) is 2. The lowest BCUT2D eigenvalue weighted by atomic mass is 9.65. The molecule has 5 nitrogen and oxygen atoms in total. The van der Waals surface area contributed by atoms with Crippen LogP contribution in [-0.2, 0) is 4.79 Å². The van der Waals surface area contributed by atoms with E-state index in [2.05, 4.69) is 15.2 Å². The number of primary amides is 1. The van der Waals surface area contributed by atoms with Crippen LogP contribution in [0.1, 0.15) is 51.4 Å². The SMILES string of the molecule is CN=C(NCC1(C2CC2)CCC1)N1CCCC(CC(N)=O)C1. The first-order valence-corrected chi connectivity index (χ1v) is 8.87. The van der Waals surface area contributed by atoms with Crippen LogP contribution in [0.15, 0.2) is 4.99 Å². The molecule has 22 heavy (non-hydrogen) atoms. The van der Waals surface area contributed by atoms with Crippen LogP contribution in [0.4, 0.5) is 0 Å². The summed E-state index contributed by atoms with van der Waals surface area (Å²) in [6, 6.07) is 0. The third kappa shape index (κ3) is 3.39. The summed E-state index contributed by atoms with van der Waals surface area (Å²) in [6.07, 6.45) is 9.71. The first kappa shape index (κ1) is 15.6. The fraction of sp³-hybridized carbons (Fsp3) is 0.882. The third-order valence-electron chi connectivity index (χ3n) is 5.91. The lowest BCUT2D eigenvalue weighted by Gasteiger charge is -2.44. The number of carbonyl (C=O) groups is 1. The molecule has 1 amide bonds. The summed E-state index contributed by atoms with van der Waals surface area (Å²) in [5.74, 6) is 2.17. The lowest BCUT2D eigenvalue weighted by molar-refractivity contribution is -0.119. The van der Waals surface area contributed by atoms with E-state index in [0.717, 1.165) is 44.4 Å². The van der Waals surface area contributed by atoms with Gasteiger partial charge in [-0.2, -0.15) is 0 Å². The van der Waals surface area contributed by atoms with Crippen molar-refractivity contribution in [2.45, 2.75) is 51.4 Å². The fourth-order valence-corrected chi connectivity index (χ4v) is 4.35. The van der Waals surface area contributed by atoms with Gasteiger partial charge in [-0.1, -0.05) is 6.42 Å². The molecular formula is C17H30N4O. The highest BCUT2D eigenvalue weighted by atomic mass is 16.1. The minimum absolute atomic E-state index is 0.183. The van der Waals surface area contributed by atoms with Gasteiger partial charge in [0, 0.05) is 33.1 Å². The summed E-state index contributed by atoms with van der Waals surface area (Å²) in [4.78, 5) is 18.0. The molecule has 3 N–H and O–H groups in total. The van der Waals surface area contributed by atoms with Gasteiger partial charge < -0.3 is 16.0 Å². The maximum absolute atomic E-state index is 11.2. The lowest BCUT2D eigenvalue weighted by Crippen LogP contribution is -2.51. The summed E-state index contributed by atoms with van der Waals surface area (Å²) in [6.45, 7) is 3.01. The Labute approximate surface area is 133 Å². The number of hydrogen-bond donors (Lipinski definition) is 2. The molecule has 0 aromatic carbocycles. The Bertz CT molecular complexity index is 440. The van der Waals surface area contributed by atoms with Gasteiger partial charge in [0.25, 0.3) is 0 Å². The molecule has 0 radical (unpaired) electrons. The number of nitrogens with one attached hydrogen (secondary N) is 1. The first-order valence-electron chi connectivity index (χ1n) is 8.87. The Hall–Kier alpha value is -1.26. The number of aliphatic imine (C=N–C) groups is 1. The van der Waals surface area contributed by atoms with Crippen molar-refractivity contribution in [3.8, 4) is 0 Å². The molecule has 0 aromatic rings. The van der Waals surface area contributed by atoms with Gasteiger partial charge in [-0.25, -0.2) is 0 Å². The average Bonchev–Trinajstić information content (AvgIpc) is 3.26. The van der Waals surface area contributed by atoms with Crippen molar-refractivity contribution < 1.29 is 4.79 Å². The number of rotatable bonds is 5. The van der Waals surface area contributed by atoms with Crippen molar-refractivity contribution in [1.82, 2.24) is 10.2 Å². The van der Waals surface area contributed by atoms with Gasteiger partial charge in [-0.15, -0.1) is 0 Å². The van der Waals surface area contributed by atoms with Gasteiger partial charge in [0.05, 0.1) is 0 Å². The molecule has 2 saturated carbocycles. The van der Waals surface area contributed by atoms with Gasteiger partial charge in [0.15, 0.2) is 5.96 Å². The highest BCUT2D eigenvalue weighted by molar-refractivity contribution is 5.80. The molecule has 5 heteroatoms. The zero-order valence-corrected chi connectivity index (χ0v) is 13.8. The largest absolute Gasteiger partial charge is 0.370 e. The smallest absolute Gasteiger partial charge is 0.217 e. The van der Waals surface area contributed by atoms with Crippen molar-refractivity contribution in [3.05, 3.63) is 0 Å². The molecule has 1 unspecified atom stereocenters. The van der Waals surface area contributed by atoms with Crippen LogP contribution >= 0.6 is 0 Å². The van der Waals surface area contributed by atoms with Crippen LogP contribution in [0.2, 0.25) is 0 Å². The summed E-state index contributed by atoms with van der Waals surface area (Å²) >= 11 is 0. The summed E-state index contributed by atoms with van der Waals surface area (Å²) < 4.78 is 0. The van der Waals surface area contributed by atoms with Crippen LogP contribution in [0, 0.1) is 17.3 Å². The van der Waals surface area contributed by atoms with Crippen LogP contribution in [-0.4, -0.2) is 43.4 Å². The molecule has 124 valence electrons. The van der Waals surface area contributed by atoms with Gasteiger partial charge in [-0.3, -0.25) is 9.79 Å². The predicted molar refractivity (Wildman–Crippen MR) is 88.5 cm³/mol. The van der Waals surface area contributed by atoms with Gasteiger partial charge in [0.2, 0.25) is 5.91 Å². The Morgan fingerprint density at radius 2 is 2.09 bits per heavy atom. The number of carbonyl (C=O) groups excluding carboxylic acids is 1. The topological polar surface area (TPSA) is 70.7 Å². The third-order valence-corrected chi connectivity index (χ3v) is 5.91. The minimum Gasteiger partial charge on any atom is -0.370 e. The number of nitrogens with two attached hydrogens (primary N) is 1. The van der Waals surface area contributed by atoms with E-state index in [1.54, 1.807) is 0 Å². The Kier molecular flexibility index (Phi) is 4.59. The van der Waals surface area contributed by atoms with E-state index in [-0.39, 0.29) is 5.91 Å². The summed E-state index contributed by atoms with van der Waals surface area (Å²) in [5.41, 5.74) is 5.91. The molecule has 0 aromatic heterocycles. The van der Waals surface area contributed by atoms with Crippen LogP contribution in [0.5, 0.6) is 0 Å². The number of nitrogens with zero attached hydrogens (tertiary/aromatic N) is 2. The molecular weight excluding hydrogens is 276 g/mol. The predicted octanol–water partition coefficient (Wildman–Crippen LogP) is 1.73. The molecule has 0 spiro atoms. The van der Waals surface area contributed by atoms with Crippen molar-refractivity contribution in [2.75, 3.05) is 26.7 Å². The molecule has 2 aliphatic carbocycles. The maximum atomic E-state index is 11.2. The Morgan fingerprint density at radius 3 is 2.64 bits per heavy atom. The fourth-order valence-electron chi connectivity index (χ4n) is 4.35. The molecule has 3 fully saturated rings. The van der Waals surface area contributed by atoms with E-state index < -0.39 is 0 Å². The standard InChI is InChI=1S/C17H30N4O/c1-19-16(20-12-17(7-3-8-17)14-5-6-14)21-9-2-4-13(11-21)10-15(18)22/h13-14H,2-12H2,1H3,(H2,18,22)(H,19,20). The molecule has 3 aliphatic rings. The Balaban J connectivity index is 1.53. The normalized spacial score (nSPS) is 28.1. The zero-order chi connectivity index (χ0) is 15.6. The minimum atomic E-state index is -0.183. The van der Waals surface area contributed by atoms with Gasteiger partial charge in [0.1, 0.15) is 0 Å². The van der Waals surface area contributed by atoms with Crippen LogP contribution in [0.3, 0.4) is 0 Å². The van der Waals surface area contributed by atoms with Gasteiger partial charge in [-0.05, 0) is 55.8 Å². The van der Waals surface area contributed by atoms with E-state index in [9.17, 15) is 4.79 Å². The molecule has 0 bridgehead atoms. The average molecular weight is 306 g/mol. The quantitative estimate of drug-likeness (QED) is 0.600. The van der Waals surface area contributed by atoms with Crippen molar-refractivity contribution in [3.63, 3.8) is 0 Å². The number of likely N-dealkylation sites (tertiary alicyclic amines) is 1. The highest BCUT2D eigenvalue weighted by Crippen LogP contribution is 2.56. The van der Waals surface area contributed by atoms with E-state index in [0.29, 0.717) is 17.8 Å². The van der Waals surface area contributed by atoms with E-state index in [1.807, 2.05) is 7.05 Å². The van der Waals surface area contributed by atoms with E-state index in [1.165, 1.54) is 32.1 Å². The number of amides is 1. The van der Waals surface area contributed by atoms with Crippen LogP contribution in [0.25, 0.3) is 0 Å². The second-order valence-corrected chi connectivity index (χ2v) is 7.52. The van der Waals surface area contributed by atoms with Crippen LogP contribution < -0.4 is 11.1 Å². The maximum Gasteiger partial charge on any atom is 0.217 e. The highest BCUT2D eigenvalue weighted by Gasteiger charge is 2.48. The second-order valence-electron chi connectivity index (χ2n) is 7.52. The molecule has 3 rings (SSSR count). The van der Waals surface area contributed by atoms with E-state index >= 15 is 0 Å². The van der Waals surface area contributed by atoms with Crippen molar-refractivity contribution in [2.24, 2.45) is 28.0 Å². The second kappa shape index (κ2) is 6.47. The summed E-state index contributed by atoms with van der Waals surface area (Å²) in [5, 5.41) is 3.64. The van der Waals surface area contributed by atoms with Crippen molar-refractivity contribution >= 4 is 11.9 Å². The number of piperidine rings is 1. The molecule has 1 aliphatic heterocycles. The van der Waals surface area contributed by atoms with Gasteiger partial charge >= 0.3 is 0 Å². The molecule has 1 atom stereocenters. The molecule has 1 saturated heterocycles. The number of guanidine groups is 1. The monoisotopic (exact) mass is 306 g/mol. The zero-order valence-electron chi connectivity index (χ0n) is 13.8. The molecule has 1 heterocycles. The van der Waals surface area contributed by atoms with Crippen molar-refractivity contribution in [1.29, 1.82) is 0 Å². The van der Waals surface area contributed by atoms with E-state index in [4.69, 9.17) is 5.73 Å². The summed E-state index contributed by atoms with van der Waals surface area (Å²) in [7, 11) is 1.87. The Morgan fingerprint density at radius 1 is 1.32 bits per heavy atom. The first-order chi connectivity index (χ1) is 10.6.